The van der Waals surface area contributed by atoms with E-state index in [9.17, 15) is 19.8 Å². The van der Waals surface area contributed by atoms with Gasteiger partial charge in [0.25, 0.3) is 0 Å². The summed E-state index contributed by atoms with van der Waals surface area (Å²) >= 11 is 0. The quantitative estimate of drug-likeness (QED) is 0.655. The molecule has 128 valence electrons. The molecule has 6 nitrogen and oxygen atoms in total. The molecule has 1 aliphatic rings. The molecule has 1 aromatic carbocycles. The van der Waals surface area contributed by atoms with E-state index in [2.05, 4.69) is 4.99 Å². The molecular formula is C18H21NO5. The molecule has 24 heavy (non-hydrogen) atoms. The Bertz CT molecular complexity index is 746. The molecule has 0 fully saturated rings. The Labute approximate surface area is 140 Å². The van der Waals surface area contributed by atoms with Gasteiger partial charge in [0.1, 0.15) is 23.1 Å². The summed E-state index contributed by atoms with van der Waals surface area (Å²) in [5.74, 6) is -2.21. The van der Waals surface area contributed by atoms with Crippen molar-refractivity contribution in [2.24, 2.45) is 16.3 Å². The van der Waals surface area contributed by atoms with Crippen molar-refractivity contribution in [1.29, 1.82) is 0 Å². The molecule has 1 atom stereocenters. The third kappa shape index (κ3) is 3.18. The standard InChI is InChI=1S/C18H21NO5/c1-10(19-11-7-5-6-8-12(11)20)14-13(21)9-18(2,3)15(16(14)22)17(23)24-4/h5-8,15,20,22H,9H2,1-4H3/t15-/m1/s1. The minimum absolute atomic E-state index is 0.00739. The van der Waals surface area contributed by atoms with Gasteiger partial charge in [0.2, 0.25) is 0 Å². The summed E-state index contributed by atoms with van der Waals surface area (Å²) in [6.45, 7) is 5.02. The van der Waals surface area contributed by atoms with Crippen LogP contribution in [0.2, 0.25) is 0 Å². The molecule has 2 rings (SSSR count). The number of para-hydroxylation sites is 2. The van der Waals surface area contributed by atoms with Gasteiger partial charge < -0.3 is 14.9 Å². The van der Waals surface area contributed by atoms with E-state index >= 15 is 0 Å². The van der Waals surface area contributed by atoms with Gasteiger partial charge >= 0.3 is 5.97 Å². The maximum atomic E-state index is 12.5. The molecule has 0 amide bonds. The largest absolute Gasteiger partial charge is 0.511 e. The Hall–Kier alpha value is -2.63. The summed E-state index contributed by atoms with van der Waals surface area (Å²) in [4.78, 5) is 28.8. The second-order valence-corrected chi connectivity index (χ2v) is 6.49. The number of hydrogen-bond acceptors (Lipinski definition) is 6. The fraction of sp³-hybridized carbons (Fsp3) is 0.389. The second-order valence-electron chi connectivity index (χ2n) is 6.49. The molecular weight excluding hydrogens is 310 g/mol. The van der Waals surface area contributed by atoms with Gasteiger partial charge in [-0.1, -0.05) is 26.0 Å². The Morgan fingerprint density at radius 1 is 1.29 bits per heavy atom. The van der Waals surface area contributed by atoms with Crippen LogP contribution in [0.5, 0.6) is 5.75 Å². The van der Waals surface area contributed by atoms with Crippen LogP contribution >= 0.6 is 0 Å². The number of phenols is 1. The highest BCUT2D eigenvalue weighted by molar-refractivity contribution is 6.23. The predicted octanol–water partition coefficient (Wildman–Crippen LogP) is 3.08. The summed E-state index contributed by atoms with van der Waals surface area (Å²) in [5.41, 5.74) is -0.230. The lowest BCUT2D eigenvalue weighted by Crippen LogP contribution is -2.41. The van der Waals surface area contributed by atoms with Crippen LogP contribution in [0, 0.1) is 11.3 Å². The van der Waals surface area contributed by atoms with E-state index in [0.717, 1.165) is 0 Å². The maximum absolute atomic E-state index is 12.5. The third-order valence-electron chi connectivity index (χ3n) is 4.17. The van der Waals surface area contributed by atoms with Crippen molar-refractivity contribution in [2.45, 2.75) is 27.2 Å². The molecule has 0 unspecified atom stereocenters. The van der Waals surface area contributed by atoms with Crippen LogP contribution in [-0.4, -0.2) is 34.8 Å². The number of aliphatic hydroxyl groups is 1. The number of benzene rings is 1. The molecule has 0 saturated heterocycles. The van der Waals surface area contributed by atoms with Crippen LogP contribution < -0.4 is 0 Å². The number of Topliss-reactive ketones (excluding diaryl/α,β-unsaturated/α-hetero) is 1. The average Bonchev–Trinajstić information content (AvgIpc) is 2.47. The average molecular weight is 331 g/mol. The van der Waals surface area contributed by atoms with E-state index < -0.39 is 17.3 Å². The highest BCUT2D eigenvalue weighted by Gasteiger charge is 2.47. The van der Waals surface area contributed by atoms with Crippen molar-refractivity contribution in [1.82, 2.24) is 0 Å². The van der Waals surface area contributed by atoms with Crippen LogP contribution in [0.25, 0.3) is 0 Å². The lowest BCUT2D eigenvalue weighted by molar-refractivity contribution is -0.150. The summed E-state index contributed by atoms with van der Waals surface area (Å²) in [5, 5.41) is 20.4. The number of hydrogen-bond donors (Lipinski definition) is 2. The summed E-state index contributed by atoms with van der Waals surface area (Å²) in [6.07, 6.45) is 0.0831. The number of ether oxygens (including phenoxy) is 1. The summed E-state index contributed by atoms with van der Waals surface area (Å²) in [6, 6.07) is 6.42. The van der Waals surface area contributed by atoms with Crippen molar-refractivity contribution < 1.29 is 24.5 Å². The number of methoxy groups -OCH3 is 1. The maximum Gasteiger partial charge on any atom is 0.316 e. The molecule has 0 spiro atoms. The van der Waals surface area contributed by atoms with Crippen molar-refractivity contribution in [3.05, 3.63) is 35.6 Å². The molecule has 0 aromatic heterocycles. The van der Waals surface area contributed by atoms with Gasteiger partial charge in [0.05, 0.1) is 18.4 Å². The monoisotopic (exact) mass is 331 g/mol. The van der Waals surface area contributed by atoms with Gasteiger partial charge in [-0.15, -0.1) is 0 Å². The zero-order valence-electron chi connectivity index (χ0n) is 14.2. The van der Waals surface area contributed by atoms with Crippen molar-refractivity contribution in [3.8, 4) is 5.75 Å². The number of nitrogens with zero attached hydrogens (tertiary/aromatic N) is 1. The highest BCUT2D eigenvalue weighted by atomic mass is 16.5. The van der Waals surface area contributed by atoms with Crippen molar-refractivity contribution in [3.63, 3.8) is 0 Å². The fourth-order valence-electron chi connectivity index (χ4n) is 2.99. The first kappa shape index (κ1) is 17.7. The van der Waals surface area contributed by atoms with E-state index in [1.54, 1.807) is 39.0 Å². The lowest BCUT2D eigenvalue weighted by Gasteiger charge is -2.36. The van der Waals surface area contributed by atoms with Crippen molar-refractivity contribution in [2.75, 3.05) is 7.11 Å². The van der Waals surface area contributed by atoms with E-state index in [0.29, 0.717) is 0 Å². The number of aromatic hydroxyl groups is 1. The van der Waals surface area contributed by atoms with Crippen LogP contribution in [-0.2, 0) is 14.3 Å². The minimum Gasteiger partial charge on any atom is -0.511 e. The number of ketones is 1. The number of rotatable bonds is 3. The topological polar surface area (TPSA) is 96.2 Å². The van der Waals surface area contributed by atoms with Gasteiger partial charge in [-0.2, -0.15) is 0 Å². The van der Waals surface area contributed by atoms with E-state index in [-0.39, 0.29) is 40.7 Å². The van der Waals surface area contributed by atoms with Gasteiger partial charge in [-0.25, -0.2) is 4.99 Å². The number of phenolic OH excluding ortho intramolecular Hbond substituents is 1. The SMILES string of the molecule is COC(=O)[C@H]1C(O)=C(C(C)=Nc2ccccc2O)C(=O)CC1(C)C. The molecule has 0 heterocycles. The molecule has 0 radical (unpaired) electrons. The molecule has 2 N–H and O–H groups in total. The van der Waals surface area contributed by atoms with Gasteiger partial charge in [-0.3, -0.25) is 9.59 Å². The Kier molecular flexibility index (Phi) is 4.78. The van der Waals surface area contributed by atoms with Crippen LogP contribution in [0.1, 0.15) is 27.2 Å². The number of allylic oxidation sites excluding steroid dienone is 1. The lowest BCUT2D eigenvalue weighted by atomic mass is 9.68. The number of aliphatic hydroxyl groups excluding tert-OH is 1. The van der Waals surface area contributed by atoms with Crippen molar-refractivity contribution >= 4 is 23.2 Å². The zero-order valence-corrected chi connectivity index (χ0v) is 14.2. The normalized spacial score (nSPS) is 20.9. The molecule has 1 aromatic rings. The van der Waals surface area contributed by atoms with E-state index in [1.807, 2.05) is 0 Å². The van der Waals surface area contributed by atoms with Crippen LogP contribution in [0.15, 0.2) is 40.6 Å². The molecule has 0 aliphatic heterocycles. The minimum atomic E-state index is -0.940. The molecule has 6 heteroatoms. The molecule has 0 bridgehead atoms. The number of carbonyl (C=O) groups excluding carboxylic acids is 2. The first-order chi connectivity index (χ1) is 11.2. The number of esters is 1. The van der Waals surface area contributed by atoms with Gasteiger partial charge in [0, 0.05) is 6.42 Å². The zero-order chi connectivity index (χ0) is 18.1. The predicted molar refractivity (Wildman–Crippen MR) is 89.4 cm³/mol. The number of aliphatic imine (C=N–C) groups is 1. The Morgan fingerprint density at radius 3 is 2.50 bits per heavy atom. The van der Waals surface area contributed by atoms with Gasteiger partial charge in [-0.05, 0) is 24.5 Å². The second kappa shape index (κ2) is 6.47. The Morgan fingerprint density at radius 2 is 1.92 bits per heavy atom. The third-order valence-corrected chi connectivity index (χ3v) is 4.17. The van der Waals surface area contributed by atoms with E-state index in [4.69, 9.17) is 4.74 Å². The molecule has 0 saturated carbocycles. The van der Waals surface area contributed by atoms with Crippen LogP contribution in [0.3, 0.4) is 0 Å². The summed E-state index contributed by atoms with van der Waals surface area (Å²) in [7, 11) is 1.24. The first-order valence-corrected chi connectivity index (χ1v) is 7.57. The van der Waals surface area contributed by atoms with E-state index in [1.165, 1.54) is 13.2 Å². The van der Waals surface area contributed by atoms with Crippen LogP contribution in [0.4, 0.5) is 5.69 Å². The summed E-state index contributed by atoms with van der Waals surface area (Å²) < 4.78 is 4.77. The highest BCUT2D eigenvalue weighted by Crippen LogP contribution is 2.42. The Balaban J connectivity index is 2.56. The smallest absolute Gasteiger partial charge is 0.316 e. The number of carbonyl (C=O) groups is 2. The van der Waals surface area contributed by atoms with Gasteiger partial charge in [0.15, 0.2) is 5.78 Å². The first-order valence-electron chi connectivity index (χ1n) is 7.57. The molecule has 1 aliphatic carbocycles. The fourth-order valence-corrected chi connectivity index (χ4v) is 2.99.